The fraction of sp³-hybridized carbons (Fsp3) is 0.286. The molecule has 2 heterocycles. The van der Waals surface area contributed by atoms with Gasteiger partial charge in [0.2, 0.25) is 5.75 Å². The second kappa shape index (κ2) is 7.32. The maximum Gasteiger partial charge on any atom is 0.200 e. The molecule has 0 atom stereocenters. The van der Waals surface area contributed by atoms with Gasteiger partial charge in [-0.25, -0.2) is 0 Å². The van der Waals surface area contributed by atoms with Crippen molar-refractivity contribution in [2.24, 2.45) is 0 Å². The van der Waals surface area contributed by atoms with Crippen LogP contribution < -0.4 is 9.47 Å². The minimum absolute atomic E-state index is 0.00106. The van der Waals surface area contributed by atoms with Gasteiger partial charge in [-0.05, 0) is 17.7 Å². The lowest BCUT2D eigenvalue weighted by Gasteiger charge is -2.27. The number of hydrogen-bond acceptors (Lipinski definition) is 5. The summed E-state index contributed by atoms with van der Waals surface area (Å²) in [7, 11) is 3.06. The molecule has 0 saturated heterocycles. The summed E-state index contributed by atoms with van der Waals surface area (Å²) in [5.74, 6) is 0.745. The van der Waals surface area contributed by atoms with Crippen LogP contribution in [0.4, 0.5) is 0 Å². The maximum atomic E-state index is 10.2. The van der Waals surface area contributed by atoms with Crippen LogP contribution in [0.15, 0.2) is 42.5 Å². The number of nitrogens with zero attached hydrogens (tertiary/aromatic N) is 2. The zero-order valence-electron chi connectivity index (χ0n) is 15.5. The van der Waals surface area contributed by atoms with Crippen LogP contribution >= 0.6 is 0 Å². The minimum Gasteiger partial charge on any atom is -0.502 e. The summed E-state index contributed by atoms with van der Waals surface area (Å²) in [5.41, 5.74) is 5.39. The number of benzene rings is 2. The van der Waals surface area contributed by atoms with Crippen LogP contribution in [-0.4, -0.2) is 41.0 Å². The minimum atomic E-state index is -0.00106. The van der Waals surface area contributed by atoms with Gasteiger partial charge < -0.3 is 14.6 Å². The first-order valence-corrected chi connectivity index (χ1v) is 8.97. The van der Waals surface area contributed by atoms with Crippen LogP contribution in [0.2, 0.25) is 0 Å². The lowest BCUT2D eigenvalue weighted by atomic mass is 10.00. The first-order chi connectivity index (χ1) is 13.2. The Morgan fingerprint density at radius 1 is 1.11 bits per heavy atom. The second-order valence-electron chi connectivity index (χ2n) is 6.70. The molecular weight excluding hydrogens is 342 g/mol. The lowest BCUT2D eigenvalue weighted by molar-refractivity contribution is 0.245. The van der Waals surface area contributed by atoms with Gasteiger partial charge in [-0.2, -0.15) is 5.10 Å². The Balaban J connectivity index is 1.65. The molecule has 0 spiro atoms. The number of aromatic amines is 1. The summed E-state index contributed by atoms with van der Waals surface area (Å²) in [5, 5.41) is 17.9. The fourth-order valence-corrected chi connectivity index (χ4v) is 3.60. The van der Waals surface area contributed by atoms with E-state index in [1.165, 1.54) is 31.0 Å². The number of hydrogen-bond donors (Lipinski definition) is 2. The molecule has 0 bridgehead atoms. The van der Waals surface area contributed by atoms with Crippen LogP contribution in [-0.2, 0) is 19.5 Å². The first kappa shape index (κ1) is 17.4. The number of aromatic hydroxyl groups is 1. The molecule has 6 heteroatoms. The van der Waals surface area contributed by atoms with E-state index < -0.39 is 0 Å². The number of fused-ring (bicyclic) bond motifs is 1. The molecular formula is C21H23N3O3. The number of phenolic OH excluding ortho intramolecular Hbond substituents is 1. The maximum absolute atomic E-state index is 10.2. The third-order valence-corrected chi connectivity index (χ3v) is 5.01. The van der Waals surface area contributed by atoms with Gasteiger partial charge in [0.25, 0.3) is 0 Å². The summed E-state index contributed by atoms with van der Waals surface area (Å²) in [6.45, 7) is 2.72. The number of H-pyrrole nitrogens is 1. The summed E-state index contributed by atoms with van der Waals surface area (Å²) in [6.07, 6.45) is 0.932. The lowest BCUT2D eigenvalue weighted by Crippen LogP contribution is -2.29. The molecule has 2 N–H and O–H groups in total. The summed E-state index contributed by atoms with van der Waals surface area (Å²) >= 11 is 0. The van der Waals surface area contributed by atoms with Crippen molar-refractivity contribution in [2.45, 2.75) is 19.5 Å². The molecule has 27 heavy (non-hydrogen) atoms. The summed E-state index contributed by atoms with van der Waals surface area (Å²) in [6, 6.07) is 14.1. The predicted molar refractivity (Wildman–Crippen MR) is 103 cm³/mol. The van der Waals surface area contributed by atoms with E-state index in [9.17, 15) is 5.11 Å². The Bertz CT molecular complexity index is 912. The highest BCUT2D eigenvalue weighted by Crippen LogP contribution is 2.41. The Morgan fingerprint density at radius 2 is 1.81 bits per heavy atom. The first-order valence-electron chi connectivity index (χ1n) is 8.97. The van der Waals surface area contributed by atoms with Gasteiger partial charge in [-0.1, -0.05) is 30.3 Å². The number of nitrogens with one attached hydrogen (secondary N) is 1. The van der Waals surface area contributed by atoms with Gasteiger partial charge in [0.15, 0.2) is 11.5 Å². The zero-order chi connectivity index (χ0) is 18.8. The van der Waals surface area contributed by atoms with E-state index in [-0.39, 0.29) is 5.75 Å². The average molecular weight is 365 g/mol. The van der Waals surface area contributed by atoms with Crippen molar-refractivity contribution in [3.8, 4) is 28.5 Å². The Kier molecular flexibility index (Phi) is 4.73. The molecule has 6 nitrogen and oxygen atoms in total. The Morgan fingerprint density at radius 3 is 2.48 bits per heavy atom. The van der Waals surface area contributed by atoms with Crippen molar-refractivity contribution >= 4 is 0 Å². The zero-order valence-corrected chi connectivity index (χ0v) is 15.5. The number of methoxy groups -OCH3 is 2. The largest absolute Gasteiger partial charge is 0.502 e. The third-order valence-electron chi connectivity index (χ3n) is 5.01. The summed E-state index contributed by atoms with van der Waals surface area (Å²) < 4.78 is 10.6. The normalized spacial score (nSPS) is 14.0. The van der Waals surface area contributed by atoms with E-state index in [1.54, 1.807) is 12.1 Å². The van der Waals surface area contributed by atoms with Gasteiger partial charge in [-0.3, -0.25) is 10.00 Å². The molecule has 140 valence electrons. The van der Waals surface area contributed by atoms with E-state index in [0.29, 0.717) is 11.5 Å². The highest BCUT2D eigenvalue weighted by atomic mass is 16.5. The van der Waals surface area contributed by atoms with Crippen LogP contribution in [0.3, 0.4) is 0 Å². The van der Waals surface area contributed by atoms with Crippen molar-refractivity contribution in [1.29, 1.82) is 0 Å². The molecule has 0 fully saturated rings. The highest BCUT2D eigenvalue weighted by Gasteiger charge is 2.24. The third kappa shape index (κ3) is 3.36. The molecule has 0 unspecified atom stereocenters. The van der Waals surface area contributed by atoms with Gasteiger partial charge in [0.1, 0.15) is 0 Å². The van der Waals surface area contributed by atoms with Crippen molar-refractivity contribution < 1.29 is 14.6 Å². The van der Waals surface area contributed by atoms with E-state index in [4.69, 9.17) is 9.47 Å². The SMILES string of the molecule is COc1cc(-c2n[nH]c3c2CN(Cc2ccccc2)CC3)cc(OC)c1O. The van der Waals surface area contributed by atoms with Crippen LogP contribution in [0.25, 0.3) is 11.3 Å². The van der Waals surface area contributed by atoms with Crippen molar-refractivity contribution in [3.05, 3.63) is 59.3 Å². The smallest absolute Gasteiger partial charge is 0.200 e. The monoisotopic (exact) mass is 365 g/mol. The van der Waals surface area contributed by atoms with Gasteiger partial charge in [0.05, 0.1) is 19.9 Å². The van der Waals surface area contributed by atoms with Gasteiger partial charge in [0, 0.05) is 42.9 Å². The second-order valence-corrected chi connectivity index (χ2v) is 6.70. The highest BCUT2D eigenvalue weighted by molar-refractivity contribution is 5.71. The van der Waals surface area contributed by atoms with Gasteiger partial charge >= 0.3 is 0 Å². The standard InChI is InChI=1S/C21H23N3O3/c1-26-18-10-15(11-19(27-2)21(18)25)20-16-13-24(9-8-17(16)22-23-20)12-14-6-4-3-5-7-14/h3-7,10-11,25H,8-9,12-13H2,1-2H3,(H,22,23). The molecule has 0 radical (unpaired) electrons. The molecule has 0 amide bonds. The molecule has 4 rings (SSSR count). The molecule has 2 aromatic carbocycles. The average Bonchev–Trinajstić information content (AvgIpc) is 3.12. The van der Waals surface area contributed by atoms with Crippen molar-refractivity contribution in [3.63, 3.8) is 0 Å². The molecule has 3 aromatic rings. The molecule has 0 aliphatic carbocycles. The Labute approximate surface area is 158 Å². The summed E-state index contributed by atoms with van der Waals surface area (Å²) in [4.78, 5) is 2.42. The van der Waals surface area contributed by atoms with Gasteiger partial charge in [-0.15, -0.1) is 0 Å². The number of ether oxygens (including phenoxy) is 2. The molecule has 0 saturated carbocycles. The number of rotatable bonds is 5. The van der Waals surface area contributed by atoms with E-state index in [0.717, 1.165) is 37.3 Å². The quantitative estimate of drug-likeness (QED) is 0.726. The van der Waals surface area contributed by atoms with E-state index >= 15 is 0 Å². The van der Waals surface area contributed by atoms with Crippen molar-refractivity contribution in [2.75, 3.05) is 20.8 Å². The molecule has 1 aliphatic rings. The van der Waals surface area contributed by atoms with Crippen LogP contribution in [0.1, 0.15) is 16.8 Å². The van der Waals surface area contributed by atoms with E-state index in [1.807, 2.05) is 6.07 Å². The van der Waals surface area contributed by atoms with Crippen LogP contribution in [0.5, 0.6) is 17.2 Å². The predicted octanol–water partition coefficient (Wildman–Crippen LogP) is 3.36. The van der Waals surface area contributed by atoms with E-state index in [2.05, 4.69) is 39.4 Å². The number of phenols is 1. The molecule has 1 aliphatic heterocycles. The Hall–Kier alpha value is -2.99. The number of aromatic nitrogens is 2. The fourth-order valence-electron chi connectivity index (χ4n) is 3.60. The molecule has 1 aromatic heterocycles. The van der Waals surface area contributed by atoms with Crippen molar-refractivity contribution in [1.82, 2.24) is 15.1 Å². The van der Waals surface area contributed by atoms with Crippen LogP contribution in [0, 0.1) is 0 Å². The topological polar surface area (TPSA) is 70.6 Å².